The molecule has 1 aromatic carbocycles. The van der Waals surface area contributed by atoms with Gasteiger partial charge in [-0.3, -0.25) is 9.52 Å². The Morgan fingerprint density at radius 1 is 1.38 bits per heavy atom. The van der Waals surface area contributed by atoms with Crippen LogP contribution in [0.4, 0.5) is 0 Å². The van der Waals surface area contributed by atoms with Crippen LogP contribution in [0.2, 0.25) is 0 Å². The maximum atomic E-state index is 11.3. The second kappa shape index (κ2) is 4.99. The normalized spacial score (nSPS) is 12.1. The van der Waals surface area contributed by atoms with Crippen LogP contribution in [0.3, 0.4) is 0 Å². The molecule has 0 fully saturated rings. The van der Waals surface area contributed by atoms with E-state index in [-0.39, 0.29) is 5.88 Å². The lowest BCUT2D eigenvalue weighted by molar-refractivity contribution is -0.116. The number of hydrogen-bond acceptors (Lipinski definition) is 2. The van der Waals surface area contributed by atoms with Gasteiger partial charge in [-0.15, -0.1) is 11.6 Å². The van der Waals surface area contributed by atoms with Crippen molar-refractivity contribution in [1.82, 2.24) is 4.72 Å². The molecule has 0 radical (unpaired) electrons. The summed E-state index contributed by atoms with van der Waals surface area (Å²) in [7, 11) is -1.50. The molecule has 1 atom stereocenters. The van der Waals surface area contributed by atoms with Gasteiger partial charge >= 0.3 is 0 Å². The fourth-order valence-electron chi connectivity index (χ4n) is 0.734. The molecule has 0 aromatic heterocycles. The highest BCUT2D eigenvalue weighted by Crippen LogP contribution is 2.02. The van der Waals surface area contributed by atoms with Crippen LogP contribution in [-0.2, 0) is 15.8 Å². The van der Waals surface area contributed by atoms with Gasteiger partial charge in [0.2, 0.25) is 5.91 Å². The van der Waals surface area contributed by atoms with Crippen molar-refractivity contribution >= 4 is 28.5 Å². The maximum Gasteiger partial charge on any atom is 0.246 e. The fourth-order valence-corrected chi connectivity index (χ4v) is 1.68. The quantitative estimate of drug-likeness (QED) is 0.770. The van der Waals surface area contributed by atoms with Crippen LogP contribution >= 0.6 is 11.6 Å². The van der Waals surface area contributed by atoms with Gasteiger partial charge in [0.15, 0.2) is 11.0 Å². The number of nitrogens with one attached hydrogen (secondary N) is 1. The molecule has 0 saturated heterocycles. The van der Waals surface area contributed by atoms with Gasteiger partial charge < -0.3 is 0 Å². The number of alkyl halides is 1. The van der Waals surface area contributed by atoms with Gasteiger partial charge in [0.1, 0.15) is 5.88 Å². The third kappa shape index (κ3) is 3.16. The molecular formula is C8H8ClNO2S. The van der Waals surface area contributed by atoms with Gasteiger partial charge in [0.05, 0.1) is 4.90 Å². The number of carbonyl (C=O) groups is 1. The molecule has 0 saturated carbocycles. The van der Waals surface area contributed by atoms with E-state index in [4.69, 9.17) is 11.6 Å². The van der Waals surface area contributed by atoms with Crippen molar-refractivity contribution in [3.8, 4) is 0 Å². The zero-order valence-corrected chi connectivity index (χ0v) is 8.27. The number of hydrogen-bond donors (Lipinski definition) is 1. The van der Waals surface area contributed by atoms with Crippen molar-refractivity contribution in [2.45, 2.75) is 4.90 Å². The molecule has 70 valence electrons. The summed E-state index contributed by atoms with van der Waals surface area (Å²) in [5, 5.41) is 0. The van der Waals surface area contributed by atoms with Crippen molar-refractivity contribution in [2.75, 3.05) is 5.88 Å². The van der Waals surface area contributed by atoms with E-state index in [1.807, 2.05) is 6.07 Å². The van der Waals surface area contributed by atoms with Crippen molar-refractivity contribution in [1.29, 1.82) is 0 Å². The summed E-state index contributed by atoms with van der Waals surface area (Å²) in [4.78, 5) is 11.3. The van der Waals surface area contributed by atoms with Gasteiger partial charge in [0, 0.05) is 0 Å². The van der Waals surface area contributed by atoms with Crippen LogP contribution in [0.15, 0.2) is 35.2 Å². The van der Waals surface area contributed by atoms with E-state index in [9.17, 15) is 9.00 Å². The van der Waals surface area contributed by atoms with Crippen LogP contribution < -0.4 is 4.72 Å². The Bertz CT molecular complexity index is 315. The Hall–Kier alpha value is -0.870. The van der Waals surface area contributed by atoms with E-state index in [0.29, 0.717) is 4.90 Å². The highest BCUT2D eigenvalue weighted by atomic mass is 35.5. The number of rotatable bonds is 3. The summed E-state index contributed by atoms with van der Waals surface area (Å²) < 4.78 is 13.6. The Balaban J connectivity index is 2.65. The molecule has 1 N–H and O–H groups in total. The number of carbonyl (C=O) groups excluding carboxylic acids is 1. The molecule has 3 nitrogen and oxygen atoms in total. The maximum absolute atomic E-state index is 11.3. The first kappa shape index (κ1) is 10.2. The van der Waals surface area contributed by atoms with Gasteiger partial charge in [-0.05, 0) is 12.1 Å². The van der Waals surface area contributed by atoms with E-state index < -0.39 is 16.9 Å². The lowest BCUT2D eigenvalue weighted by Crippen LogP contribution is -2.26. The monoisotopic (exact) mass is 217 g/mol. The molecule has 5 heteroatoms. The van der Waals surface area contributed by atoms with Crippen LogP contribution in [-0.4, -0.2) is 16.0 Å². The molecule has 1 rings (SSSR count). The van der Waals surface area contributed by atoms with Gasteiger partial charge in [-0.25, -0.2) is 4.21 Å². The Kier molecular flexibility index (Phi) is 3.92. The minimum atomic E-state index is -1.50. The SMILES string of the molecule is O=C(CCl)N[S@@](=O)c1ccccc1. The second-order valence-electron chi connectivity index (χ2n) is 2.24. The Morgan fingerprint density at radius 2 is 2.00 bits per heavy atom. The van der Waals surface area contributed by atoms with E-state index in [1.54, 1.807) is 24.3 Å². The summed E-state index contributed by atoms with van der Waals surface area (Å²) >= 11 is 5.24. The minimum Gasteiger partial charge on any atom is -0.273 e. The third-order valence-corrected chi connectivity index (χ3v) is 2.64. The standard InChI is InChI=1S/C8H8ClNO2S/c9-6-8(11)10-13(12)7-4-2-1-3-5-7/h1-5H,6H2,(H,10,11)/t13-/m0/s1. The molecule has 0 spiro atoms. The van der Waals surface area contributed by atoms with Crippen LogP contribution in [0.25, 0.3) is 0 Å². The number of amides is 1. The summed E-state index contributed by atoms with van der Waals surface area (Å²) in [5.41, 5.74) is 0. The molecule has 0 bridgehead atoms. The first-order valence-corrected chi connectivity index (χ1v) is 5.24. The van der Waals surface area contributed by atoms with Crippen LogP contribution in [0.1, 0.15) is 0 Å². The van der Waals surface area contributed by atoms with E-state index in [1.165, 1.54) is 0 Å². The van der Waals surface area contributed by atoms with Crippen molar-refractivity contribution in [2.24, 2.45) is 0 Å². The molecule has 0 unspecified atom stereocenters. The molecule has 1 amide bonds. The fraction of sp³-hybridized carbons (Fsp3) is 0.125. The molecule has 1 aromatic rings. The first-order valence-electron chi connectivity index (χ1n) is 3.56. The van der Waals surface area contributed by atoms with Crippen molar-refractivity contribution < 1.29 is 9.00 Å². The molecule has 0 aliphatic heterocycles. The summed E-state index contributed by atoms with van der Waals surface area (Å²) in [6.45, 7) is 0. The second-order valence-corrected chi connectivity index (χ2v) is 3.72. The topological polar surface area (TPSA) is 46.2 Å². The highest BCUT2D eigenvalue weighted by Gasteiger charge is 2.05. The molecule has 0 heterocycles. The summed E-state index contributed by atoms with van der Waals surface area (Å²) in [5.74, 6) is -0.623. The van der Waals surface area contributed by atoms with Gasteiger partial charge in [0.25, 0.3) is 0 Å². The Morgan fingerprint density at radius 3 is 2.54 bits per heavy atom. The first-order chi connectivity index (χ1) is 6.24. The number of benzene rings is 1. The van der Waals surface area contributed by atoms with Crippen LogP contribution in [0, 0.1) is 0 Å². The molecule has 13 heavy (non-hydrogen) atoms. The lowest BCUT2D eigenvalue weighted by Gasteiger charge is -2.01. The molecular weight excluding hydrogens is 210 g/mol. The summed E-state index contributed by atoms with van der Waals surface area (Å²) in [6.07, 6.45) is 0. The highest BCUT2D eigenvalue weighted by molar-refractivity contribution is 7.83. The van der Waals surface area contributed by atoms with E-state index >= 15 is 0 Å². The van der Waals surface area contributed by atoms with E-state index in [2.05, 4.69) is 4.72 Å². The Labute approximate surface area is 83.7 Å². The number of halogens is 1. The average Bonchev–Trinajstić information content (AvgIpc) is 2.19. The molecule has 0 aliphatic rings. The zero-order valence-electron chi connectivity index (χ0n) is 6.70. The van der Waals surface area contributed by atoms with Crippen LogP contribution in [0.5, 0.6) is 0 Å². The van der Waals surface area contributed by atoms with Gasteiger partial charge in [-0.1, -0.05) is 18.2 Å². The predicted octanol–water partition coefficient (Wildman–Crippen LogP) is 1.06. The summed E-state index contributed by atoms with van der Waals surface area (Å²) in [6, 6.07) is 8.65. The largest absolute Gasteiger partial charge is 0.273 e. The van der Waals surface area contributed by atoms with E-state index in [0.717, 1.165) is 0 Å². The minimum absolute atomic E-state index is 0.182. The lowest BCUT2D eigenvalue weighted by atomic mass is 10.4. The van der Waals surface area contributed by atoms with Gasteiger partial charge in [-0.2, -0.15) is 0 Å². The van der Waals surface area contributed by atoms with Crippen molar-refractivity contribution in [3.05, 3.63) is 30.3 Å². The smallest absolute Gasteiger partial charge is 0.246 e. The third-order valence-electron chi connectivity index (χ3n) is 1.29. The van der Waals surface area contributed by atoms with Crippen molar-refractivity contribution in [3.63, 3.8) is 0 Å². The molecule has 0 aliphatic carbocycles. The average molecular weight is 218 g/mol. The zero-order chi connectivity index (χ0) is 9.68. The predicted molar refractivity (Wildman–Crippen MR) is 51.7 cm³/mol.